The Labute approximate surface area is 134 Å². The number of nitrogens with zero attached hydrogens (tertiary/aromatic N) is 3. The molecule has 2 rings (SSSR count). The van der Waals surface area contributed by atoms with Gasteiger partial charge in [-0.3, -0.25) is 10.1 Å². The Kier molecular flexibility index (Phi) is 5.51. The molecular weight excluding hydrogens is 356 g/mol. The molecule has 6 nitrogen and oxygen atoms in total. The van der Waals surface area contributed by atoms with Crippen LogP contribution in [0.3, 0.4) is 0 Å². The molecule has 0 atom stereocenters. The zero-order valence-electron chi connectivity index (χ0n) is 11.2. The van der Waals surface area contributed by atoms with Gasteiger partial charge in [0, 0.05) is 23.3 Å². The van der Waals surface area contributed by atoms with E-state index in [0.717, 1.165) is 17.4 Å². The molecule has 0 saturated carbocycles. The Bertz CT molecular complexity index is 637. The second-order valence-corrected chi connectivity index (χ2v) is 6.05. The van der Waals surface area contributed by atoms with E-state index in [9.17, 15) is 10.1 Å². The number of rotatable bonds is 6. The highest BCUT2D eigenvalue weighted by molar-refractivity contribution is 9.10. The van der Waals surface area contributed by atoms with Gasteiger partial charge in [-0.25, -0.2) is 9.97 Å². The van der Waals surface area contributed by atoms with Crippen LogP contribution in [-0.4, -0.2) is 21.4 Å². The monoisotopic (exact) mass is 368 g/mol. The maximum Gasteiger partial charge on any atom is 0.301 e. The van der Waals surface area contributed by atoms with E-state index in [2.05, 4.69) is 31.2 Å². The minimum Gasteiger partial charge on any atom is -0.370 e. The molecule has 0 unspecified atom stereocenters. The number of nitro groups is 1. The van der Waals surface area contributed by atoms with E-state index in [1.54, 1.807) is 18.3 Å². The molecule has 0 spiro atoms. The quantitative estimate of drug-likeness (QED) is 0.609. The van der Waals surface area contributed by atoms with Gasteiger partial charge >= 0.3 is 5.69 Å². The average molecular weight is 369 g/mol. The van der Waals surface area contributed by atoms with Crippen LogP contribution in [0.4, 0.5) is 11.5 Å². The highest BCUT2D eigenvalue weighted by Gasteiger charge is 2.17. The van der Waals surface area contributed by atoms with E-state index in [0.29, 0.717) is 15.9 Å². The van der Waals surface area contributed by atoms with Gasteiger partial charge in [-0.2, -0.15) is 0 Å². The minimum atomic E-state index is -0.433. The van der Waals surface area contributed by atoms with Gasteiger partial charge in [-0.05, 0) is 52.3 Å². The van der Waals surface area contributed by atoms with Gasteiger partial charge in [0.15, 0.2) is 5.03 Å². The number of hydrogen-bond acceptors (Lipinski definition) is 6. The molecule has 0 aromatic carbocycles. The van der Waals surface area contributed by atoms with E-state index in [1.165, 1.54) is 17.8 Å². The summed E-state index contributed by atoms with van der Waals surface area (Å²) in [5, 5.41) is 15.2. The van der Waals surface area contributed by atoms with Crippen LogP contribution in [0.5, 0.6) is 0 Å². The first kappa shape index (κ1) is 15.7. The van der Waals surface area contributed by atoms with Crippen molar-refractivity contribution in [1.29, 1.82) is 0 Å². The van der Waals surface area contributed by atoms with Gasteiger partial charge in [-0.1, -0.05) is 6.92 Å². The maximum absolute atomic E-state index is 11.1. The summed E-state index contributed by atoms with van der Waals surface area (Å²) in [4.78, 5) is 19.2. The molecule has 21 heavy (non-hydrogen) atoms. The summed E-state index contributed by atoms with van der Waals surface area (Å²) in [6.45, 7) is 2.81. The molecule has 0 aliphatic heterocycles. The van der Waals surface area contributed by atoms with Gasteiger partial charge in [-0.15, -0.1) is 0 Å². The molecule has 0 aliphatic carbocycles. The van der Waals surface area contributed by atoms with Crippen LogP contribution in [0.15, 0.2) is 45.0 Å². The van der Waals surface area contributed by atoms with Gasteiger partial charge in [0.2, 0.25) is 0 Å². The Morgan fingerprint density at radius 2 is 2.19 bits per heavy atom. The van der Waals surface area contributed by atoms with Crippen molar-refractivity contribution in [3.05, 3.63) is 45.0 Å². The summed E-state index contributed by atoms with van der Waals surface area (Å²) in [6.07, 6.45) is 2.60. The predicted molar refractivity (Wildman–Crippen MR) is 85.7 cm³/mol. The van der Waals surface area contributed by atoms with Crippen LogP contribution >= 0.6 is 27.7 Å². The summed E-state index contributed by atoms with van der Waals surface area (Å²) >= 11 is 4.48. The van der Waals surface area contributed by atoms with Crippen LogP contribution in [0.2, 0.25) is 0 Å². The van der Waals surface area contributed by atoms with Crippen molar-refractivity contribution >= 4 is 39.2 Å². The largest absolute Gasteiger partial charge is 0.370 e. The van der Waals surface area contributed by atoms with Crippen LogP contribution in [0.25, 0.3) is 0 Å². The molecule has 0 aliphatic rings. The fraction of sp³-hybridized carbons (Fsp3) is 0.231. The standard InChI is InChI=1S/C13H13BrN4O2S/c1-2-7-15-11-5-4-10(18(19)20)13(17-11)21-12-6-3-9(14)8-16-12/h3-6,8H,2,7H2,1H3,(H,15,17). The summed E-state index contributed by atoms with van der Waals surface area (Å²) in [7, 11) is 0. The average Bonchev–Trinajstić information content (AvgIpc) is 2.47. The predicted octanol–water partition coefficient (Wildman–Crippen LogP) is 4.12. The fourth-order valence-electron chi connectivity index (χ4n) is 1.52. The summed E-state index contributed by atoms with van der Waals surface area (Å²) in [5.41, 5.74) is -0.0215. The van der Waals surface area contributed by atoms with Crippen LogP contribution in [0, 0.1) is 10.1 Å². The van der Waals surface area contributed by atoms with Gasteiger partial charge in [0.05, 0.1) is 4.92 Å². The minimum absolute atomic E-state index is 0.0215. The lowest BCUT2D eigenvalue weighted by molar-refractivity contribution is -0.388. The first-order valence-corrected chi connectivity index (χ1v) is 7.90. The first-order valence-electron chi connectivity index (χ1n) is 6.29. The highest BCUT2D eigenvalue weighted by atomic mass is 79.9. The van der Waals surface area contributed by atoms with Gasteiger partial charge in [0.25, 0.3) is 0 Å². The van der Waals surface area contributed by atoms with Crippen LogP contribution in [-0.2, 0) is 0 Å². The molecular formula is C13H13BrN4O2S. The SMILES string of the molecule is CCCNc1ccc([N+](=O)[O-])c(Sc2ccc(Br)cn2)n1. The molecule has 1 N–H and O–H groups in total. The van der Waals surface area contributed by atoms with Crippen molar-refractivity contribution in [2.45, 2.75) is 23.4 Å². The molecule has 8 heteroatoms. The molecule has 0 fully saturated rings. The van der Waals surface area contributed by atoms with E-state index in [4.69, 9.17) is 0 Å². The van der Waals surface area contributed by atoms with E-state index < -0.39 is 4.92 Å². The summed E-state index contributed by atoms with van der Waals surface area (Å²) in [6, 6.07) is 6.70. The van der Waals surface area contributed by atoms with Gasteiger partial charge in [0.1, 0.15) is 10.8 Å². The Morgan fingerprint density at radius 1 is 1.38 bits per heavy atom. The smallest absolute Gasteiger partial charge is 0.301 e. The lowest BCUT2D eigenvalue weighted by Crippen LogP contribution is -2.03. The molecule has 0 amide bonds. The first-order chi connectivity index (χ1) is 10.1. The Balaban J connectivity index is 2.29. The van der Waals surface area contributed by atoms with Crippen LogP contribution < -0.4 is 5.32 Å². The van der Waals surface area contributed by atoms with Crippen molar-refractivity contribution in [2.75, 3.05) is 11.9 Å². The Morgan fingerprint density at radius 3 is 2.81 bits per heavy atom. The van der Waals surface area contributed by atoms with E-state index >= 15 is 0 Å². The van der Waals surface area contributed by atoms with Crippen molar-refractivity contribution in [1.82, 2.24) is 9.97 Å². The van der Waals surface area contributed by atoms with E-state index in [-0.39, 0.29) is 5.69 Å². The molecule has 0 bridgehead atoms. The second-order valence-electron chi connectivity index (χ2n) is 4.12. The number of nitrogens with one attached hydrogen (secondary N) is 1. The maximum atomic E-state index is 11.1. The number of aromatic nitrogens is 2. The topological polar surface area (TPSA) is 81.0 Å². The normalized spacial score (nSPS) is 10.4. The molecule has 110 valence electrons. The van der Waals surface area contributed by atoms with E-state index in [1.807, 2.05) is 13.0 Å². The molecule has 2 aromatic rings. The number of hydrogen-bond donors (Lipinski definition) is 1. The van der Waals surface area contributed by atoms with Crippen LogP contribution in [0.1, 0.15) is 13.3 Å². The number of anilines is 1. The molecule has 2 heterocycles. The number of halogens is 1. The lowest BCUT2D eigenvalue weighted by atomic mass is 10.4. The Hall–Kier alpha value is -1.67. The summed E-state index contributed by atoms with van der Waals surface area (Å²) in [5.74, 6) is 0.627. The zero-order chi connectivity index (χ0) is 15.2. The number of pyridine rings is 2. The molecule has 0 radical (unpaired) electrons. The lowest BCUT2D eigenvalue weighted by Gasteiger charge is -2.06. The van der Waals surface area contributed by atoms with Gasteiger partial charge < -0.3 is 5.32 Å². The molecule has 0 saturated heterocycles. The third kappa shape index (κ3) is 4.40. The third-order valence-electron chi connectivity index (χ3n) is 2.49. The summed E-state index contributed by atoms with van der Waals surface area (Å²) < 4.78 is 0.854. The van der Waals surface area contributed by atoms with Crippen molar-refractivity contribution < 1.29 is 4.92 Å². The van der Waals surface area contributed by atoms with Crippen molar-refractivity contribution in [3.8, 4) is 0 Å². The second kappa shape index (κ2) is 7.37. The van der Waals surface area contributed by atoms with Crippen molar-refractivity contribution in [2.24, 2.45) is 0 Å². The highest BCUT2D eigenvalue weighted by Crippen LogP contribution is 2.33. The third-order valence-corrected chi connectivity index (χ3v) is 3.91. The zero-order valence-corrected chi connectivity index (χ0v) is 13.6. The fourth-order valence-corrected chi connectivity index (χ4v) is 2.59. The molecule has 2 aromatic heterocycles. The van der Waals surface area contributed by atoms with Crippen molar-refractivity contribution in [3.63, 3.8) is 0 Å².